The minimum absolute atomic E-state index is 0.00354. The number of carbonyl (C=O) groups excluding carboxylic acids is 1. The summed E-state index contributed by atoms with van der Waals surface area (Å²) in [6.45, 7) is 1.17. The molecule has 26 heavy (non-hydrogen) atoms. The summed E-state index contributed by atoms with van der Waals surface area (Å²) in [6, 6.07) is 13.8. The monoisotopic (exact) mass is 415 g/mol. The first-order valence-corrected chi connectivity index (χ1v) is 9.91. The van der Waals surface area contributed by atoms with Gasteiger partial charge in [0.25, 0.3) is 5.91 Å². The summed E-state index contributed by atoms with van der Waals surface area (Å²) in [5.41, 5.74) is 2.75. The number of amides is 1. The molecule has 136 valence electrons. The van der Waals surface area contributed by atoms with E-state index in [0.29, 0.717) is 24.4 Å². The van der Waals surface area contributed by atoms with Crippen LogP contribution in [0.4, 0.5) is 0 Å². The molecule has 1 fully saturated rings. The molecule has 1 aliphatic heterocycles. The molecule has 2 unspecified atom stereocenters. The van der Waals surface area contributed by atoms with Crippen molar-refractivity contribution >= 4 is 21.8 Å². The first kappa shape index (κ1) is 17.6. The number of nitrogens with zero attached hydrogens (tertiary/aromatic N) is 1. The van der Waals surface area contributed by atoms with Crippen LogP contribution in [0, 0.1) is 0 Å². The number of halogens is 1. The highest BCUT2D eigenvalue weighted by atomic mass is 79.9. The van der Waals surface area contributed by atoms with E-state index >= 15 is 0 Å². The van der Waals surface area contributed by atoms with Gasteiger partial charge < -0.3 is 14.7 Å². The van der Waals surface area contributed by atoms with E-state index in [4.69, 9.17) is 4.74 Å². The first-order chi connectivity index (χ1) is 12.6. The van der Waals surface area contributed by atoms with E-state index in [1.807, 2.05) is 47.4 Å². The topological polar surface area (TPSA) is 49.8 Å². The molecular formula is C21H22BrNO3. The van der Waals surface area contributed by atoms with Crippen molar-refractivity contribution in [3.63, 3.8) is 0 Å². The van der Waals surface area contributed by atoms with Gasteiger partial charge in [-0.2, -0.15) is 0 Å². The number of rotatable bonds is 4. The Morgan fingerprint density at radius 1 is 1.12 bits per heavy atom. The minimum Gasteiger partial charge on any atom is -0.487 e. The number of carbonyl (C=O) groups is 1. The normalized spacial score (nSPS) is 22.4. The molecule has 1 heterocycles. The van der Waals surface area contributed by atoms with Crippen molar-refractivity contribution in [1.29, 1.82) is 0 Å². The van der Waals surface area contributed by atoms with E-state index in [9.17, 15) is 9.90 Å². The highest BCUT2D eigenvalue weighted by Gasteiger charge is 2.33. The summed E-state index contributed by atoms with van der Waals surface area (Å²) in [4.78, 5) is 14.8. The largest absolute Gasteiger partial charge is 0.487 e. The minimum atomic E-state index is -0.449. The quantitative estimate of drug-likeness (QED) is 0.809. The van der Waals surface area contributed by atoms with E-state index in [2.05, 4.69) is 15.9 Å². The molecule has 1 saturated carbocycles. The second-order valence-electron chi connectivity index (χ2n) is 7.09. The first-order valence-electron chi connectivity index (χ1n) is 9.12. The number of ether oxygens (including phenoxy) is 1. The van der Waals surface area contributed by atoms with Gasteiger partial charge in [0.15, 0.2) is 0 Å². The van der Waals surface area contributed by atoms with Gasteiger partial charge in [-0.15, -0.1) is 0 Å². The summed E-state index contributed by atoms with van der Waals surface area (Å²) in [5.74, 6) is 0.612. The van der Waals surface area contributed by atoms with Crippen LogP contribution < -0.4 is 4.74 Å². The summed E-state index contributed by atoms with van der Waals surface area (Å²) >= 11 is 3.44. The van der Waals surface area contributed by atoms with E-state index in [-0.39, 0.29) is 12.0 Å². The number of aliphatic hydroxyl groups is 1. The molecule has 2 aromatic carbocycles. The number of benzene rings is 2. The van der Waals surface area contributed by atoms with Crippen molar-refractivity contribution in [2.45, 2.75) is 51.0 Å². The van der Waals surface area contributed by atoms with Crippen molar-refractivity contribution in [2.24, 2.45) is 0 Å². The van der Waals surface area contributed by atoms with Crippen LogP contribution in [0.15, 0.2) is 46.9 Å². The van der Waals surface area contributed by atoms with Crippen LogP contribution in [0.3, 0.4) is 0 Å². The van der Waals surface area contributed by atoms with Crippen molar-refractivity contribution < 1.29 is 14.6 Å². The molecular weight excluding hydrogens is 394 g/mol. The van der Waals surface area contributed by atoms with Crippen molar-refractivity contribution in [3.8, 4) is 5.75 Å². The van der Waals surface area contributed by atoms with Crippen molar-refractivity contribution in [1.82, 2.24) is 4.90 Å². The number of fused-ring (bicyclic) bond motifs is 1. The lowest BCUT2D eigenvalue weighted by Gasteiger charge is -2.28. The van der Waals surface area contributed by atoms with Gasteiger partial charge in [0.1, 0.15) is 11.9 Å². The lowest BCUT2D eigenvalue weighted by atomic mass is 9.94. The molecule has 0 radical (unpaired) electrons. The molecule has 0 bridgehead atoms. The van der Waals surface area contributed by atoms with E-state index in [1.165, 1.54) is 0 Å². The zero-order chi connectivity index (χ0) is 18.1. The van der Waals surface area contributed by atoms with Gasteiger partial charge >= 0.3 is 0 Å². The molecule has 2 aromatic rings. The standard InChI is InChI=1S/C21H22BrNO3/c22-16-10-8-14(9-11-16)12-23-13-15-4-3-7-19(20(15)21(23)25)26-18-6-2-1-5-17(18)24/h3-4,7-11,17-18,24H,1-2,5-6,12-13H2. The summed E-state index contributed by atoms with van der Waals surface area (Å²) in [7, 11) is 0. The van der Waals surface area contributed by atoms with E-state index in [1.54, 1.807) is 0 Å². The molecule has 1 aliphatic carbocycles. The zero-order valence-corrected chi connectivity index (χ0v) is 16.1. The average molecular weight is 416 g/mol. The Labute approximate surface area is 161 Å². The molecule has 2 atom stereocenters. The smallest absolute Gasteiger partial charge is 0.258 e. The molecule has 0 saturated heterocycles. The number of aliphatic hydroxyl groups excluding tert-OH is 1. The van der Waals surface area contributed by atoms with Gasteiger partial charge in [-0.1, -0.05) is 46.6 Å². The predicted molar refractivity (Wildman–Crippen MR) is 103 cm³/mol. The Bertz CT molecular complexity index is 805. The van der Waals surface area contributed by atoms with E-state index < -0.39 is 6.10 Å². The summed E-state index contributed by atoms with van der Waals surface area (Å²) in [6.07, 6.45) is 3.03. The third-order valence-corrected chi connectivity index (χ3v) is 5.74. The van der Waals surface area contributed by atoms with Gasteiger partial charge in [0.05, 0.1) is 11.7 Å². The highest BCUT2D eigenvalue weighted by molar-refractivity contribution is 9.10. The maximum atomic E-state index is 13.0. The van der Waals surface area contributed by atoms with Crippen molar-refractivity contribution in [3.05, 3.63) is 63.6 Å². The van der Waals surface area contributed by atoms with Crippen LogP contribution in [0.1, 0.15) is 47.2 Å². The molecule has 0 spiro atoms. The number of hydrogen-bond acceptors (Lipinski definition) is 3. The maximum Gasteiger partial charge on any atom is 0.258 e. The molecule has 2 aliphatic rings. The SMILES string of the molecule is O=C1c2c(cccc2OC2CCCCC2O)CN1Cc1ccc(Br)cc1. The Hall–Kier alpha value is -1.85. The number of hydrogen-bond donors (Lipinski definition) is 1. The second-order valence-corrected chi connectivity index (χ2v) is 8.00. The maximum absolute atomic E-state index is 13.0. The Balaban J connectivity index is 1.53. The fourth-order valence-corrected chi connectivity index (χ4v) is 4.06. The lowest BCUT2D eigenvalue weighted by molar-refractivity contribution is 0.00636. The van der Waals surface area contributed by atoms with Crippen molar-refractivity contribution in [2.75, 3.05) is 0 Å². The van der Waals surface area contributed by atoms with Gasteiger partial charge in [-0.05, 0) is 48.6 Å². The lowest BCUT2D eigenvalue weighted by Crippen LogP contribution is -2.35. The van der Waals surface area contributed by atoms with Crippen LogP contribution in [-0.4, -0.2) is 28.1 Å². The third-order valence-electron chi connectivity index (χ3n) is 5.21. The molecule has 5 heteroatoms. The van der Waals surface area contributed by atoms with Gasteiger partial charge in [0.2, 0.25) is 0 Å². The van der Waals surface area contributed by atoms with Crippen LogP contribution in [0.5, 0.6) is 5.75 Å². The molecule has 1 amide bonds. The summed E-state index contributed by atoms with van der Waals surface area (Å²) < 4.78 is 7.12. The average Bonchev–Trinajstić information content (AvgIpc) is 2.96. The Kier molecular flexibility index (Phi) is 5.00. The van der Waals surface area contributed by atoms with Gasteiger partial charge in [0, 0.05) is 17.6 Å². The van der Waals surface area contributed by atoms with E-state index in [0.717, 1.165) is 41.3 Å². The third kappa shape index (κ3) is 3.51. The van der Waals surface area contributed by atoms with Crippen LogP contribution in [-0.2, 0) is 13.1 Å². The fraction of sp³-hybridized carbons (Fsp3) is 0.381. The fourth-order valence-electron chi connectivity index (χ4n) is 3.80. The van der Waals surface area contributed by atoms with Gasteiger partial charge in [-0.25, -0.2) is 0 Å². The Morgan fingerprint density at radius 2 is 1.88 bits per heavy atom. The predicted octanol–water partition coefficient (Wildman–Crippen LogP) is 4.29. The van der Waals surface area contributed by atoms with Crippen LogP contribution in [0.2, 0.25) is 0 Å². The van der Waals surface area contributed by atoms with Gasteiger partial charge in [-0.3, -0.25) is 4.79 Å². The van der Waals surface area contributed by atoms with Crippen LogP contribution >= 0.6 is 15.9 Å². The highest BCUT2D eigenvalue weighted by Crippen LogP contribution is 2.34. The molecule has 4 rings (SSSR count). The van der Waals surface area contributed by atoms with Crippen LogP contribution in [0.25, 0.3) is 0 Å². The molecule has 4 nitrogen and oxygen atoms in total. The second kappa shape index (κ2) is 7.41. The Morgan fingerprint density at radius 3 is 2.65 bits per heavy atom. The molecule has 1 N–H and O–H groups in total. The summed E-state index contributed by atoms with van der Waals surface area (Å²) in [5, 5.41) is 10.2. The zero-order valence-electron chi connectivity index (χ0n) is 14.5. The molecule has 0 aromatic heterocycles.